The monoisotopic (exact) mass is 379 g/mol. The van der Waals surface area contributed by atoms with E-state index in [9.17, 15) is 13.5 Å². The molecule has 1 atom stereocenters. The molecule has 2 heterocycles. The van der Waals surface area contributed by atoms with Crippen molar-refractivity contribution in [3.8, 4) is 0 Å². The van der Waals surface area contributed by atoms with Gasteiger partial charge in [-0.05, 0) is 26.3 Å². The lowest BCUT2D eigenvalue weighted by molar-refractivity contribution is 0.00736. The van der Waals surface area contributed by atoms with Crippen molar-refractivity contribution in [3.63, 3.8) is 0 Å². The second-order valence-electron chi connectivity index (χ2n) is 6.97. The van der Waals surface area contributed by atoms with Crippen molar-refractivity contribution < 1.29 is 18.0 Å². The van der Waals surface area contributed by atoms with Crippen LogP contribution in [-0.2, 0) is 15.6 Å². The van der Waals surface area contributed by atoms with Crippen molar-refractivity contribution in [1.82, 2.24) is 14.4 Å². The number of benzene rings is 1. The molecule has 0 spiro atoms. The van der Waals surface area contributed by atoms with Crippen LogP contribution in [0.4, 0.5) is 0 Å². The van der Waals surface area contributed by atoms with Crippen molar-refractivity contribution >= 4 is 10.0 Å². The van der Waals surface area contributed by atoms with Crippen molar-refractivity contribution in [2.75, 3.05) is 32.7 Å². The number of sulfonamides is 1. The third-order valence-corrected chi connectivity index (χ3v) is 6.97. The maximum Gasteiger partial charge on any atom is 0.248 e. The lowest BCUT2D eigenvalue weighted by Gasteiger charge is -2.37. The molecule has 8 heteroatoms. The van der Waals surface area contributed by atoms with Crippen LogP contribution in [0.5, 0.6) is 0 Å². The number of nitrogens with zero attached hydrogens (tertiary/aromatic N) is 3. The summed E-state index contributed by atoms with van der Waals surface area (Å²) in [5.41, 5.74) is 0.256. The van der Waals surface area contributed by atoms with Crippen molar-refractivity contribution in [1.29, 1.82) is 0 Å². The summed E-state index contributed by atoms with van der Waals surface area (Å²) in [6.07, 6.45) is 0. The first-order chi connectivity index (χ1) is 12.2. The summed E-state index contributed by atoms with van der Waals surface area (Å²) in [7, 11) is -3.61. The van der Waals surface area contributed by atoms with Gasteiger partial charge in [-0.25, -0.2) is 8.42 Å². The Balaban J connectivity index is 1.66. The number of aryl methyl sites for hydroxylation is 2. The van der Waals surface area contributed by atoms with Gasteiger partial charge in [0.25, 0.3) is 0 Å². The summed E-state index contributed by atoms with van der Waals surface area (Å²) in [4.78, 5) is 2.26. The first-order valence-electron chi connectivity index (χ1n) is 8.65. The Labute approximate surface area is 154 Å². The van der Waals surface area contributed by atoms with Crippen LogP contribution >= 0.6 is 0 Å². The van der Waals surface area contributed by atoms with Gasteiger partial charge in [0, 0.05) is 32.7 Å². The van der Waals surface area contributed by atoms with E-state index in [2.05, 4.69) is 10.1 Å². The number of rotatable bonds is 5. The van der Waals surface area contributed by atoms with Gasteiger partial charge in [0.05, 0.1) is 5.60 Å². The molecule has 1 aliphatic rings. The fourth-order valence-electron chi connectivity index (χ4n) is 3.42. The molecule has 0 amide bonds. The van der Waals surface area contributed by atoms with E-state index in [1.165, 1.54) is 4.31 Å². The van der Waals surface area contributed by atoms with Gasteiger partial charge in [0.2, 0.25) is 10.0 Å². The van der Waals surface area contributed by atoms with Crippen LogP contribution in [0.1, 0.15) is 23.9 Å². The van der Waals surface area contributed by atoms with Gasteiger partial charge in [-0.2, -0.15) is 4.31 Å². The van der Waals surface area contributed by atoms with Gasteiger partial charge >= 0.3 is 0 Å². The summed E-state index contributed by atoms with van der Waals surface area (Å²) < 4.78 is 32.2. The quantitative estimate of drug-likeness (QED) is 0.847. The SMILES string of the molecule is Cc1noc(C)c1S(=O)(=O)N1CCN(C[C@@](C)(O)c2ccccc2)CC1. The second-order valence-corrected chi connectivity index (χ2v) is 8.85. The molecule has 0 radical (unpaired) electrons. The van der Waals surface area contributed by atoms with Crippen LogP contribution < -0.4 is 0 Å². The van der Waals surface area contributed by atoms with Crippen LogP contribution in [0.3, 0.4) is 0 Å². The molecule has 0 saturated carbocycles. The molecule has 3 rings (SSSR count). The largest absolute Gasteiger partial charge is 0.384 e. The highest BCUT2D eigenvalue weighted by atomic mass is 32.2. The first kappa shape index (κ1) is 19.0. The Morgan fingerprint density at radius 3 is 2.31 bits per heavy atom. The molecule has 142 valence electrons. The molecule has 1 fully saturated rings. The maximum absolute atomic E-state index is 12.9. The summed E-state index contributed by atoms with van der Waals surface area (Å²) in [6.45, 7) is 7.36. The molecule has 1 aliphatic heterocycles. The minimum atomic E-state index is -3.61. The highest BCUT2D eigenvalue weighted by Gasteiger charge is 2.35. The normalized spacial score (nSPS) is 19.4. The van der Waals surface area contributed by atoms with Crippen LogP contribution in [0.25, 0.3) is 0 Å². The zero-order chi connectivity index (χ0) is 18.9. The first-order valence-corrected chi connectivity index (χ1v) is 10.1. The fraction of sp³-hybridized carbons (Fsp3) is 0.500. The number of aromatic nitrogens is 1. The second kappa shape index (κ2) is 7.11. The molecule has 0 aliphatic carbocycles. The molecule has 1 aromatic carbocycles. The summed E-state index contributed by atoms with van der Waals surface area (Å²) in [5.74, 6) is 0.317. The highest BCUT2D eigenvalue weighted by molar-refractivity contribution is 7.89. The Morgan fingerprint density at radius 1 is 1.15 bits per heavy atom. The molecule has 26 heavy (non-hydrogen) atoms. The molecule has 0 bridgehead atoms. The van der Waals surface area contributed by atoms with Gasteiger partial charge in [-0.15, -0.1) is 0 Å². The third kappa shape index (κ3) is 3.68. The molecule has 2 aromatic rings. The fourth-order valence-corrected chi connectivity index (χ4v) is 5.14. The van der Waals surface area contributed by atoms with Crippen LogP contribution in [-0.4, -0.2) is 60.6 Å². The number of aliphatic hydroxyl groups is 1. The predicted molar refractivity (Wildman–Crippen MR) is 97.2 cm³/mol. The van der Waals surface area contributed by atoms with E-state index < -0.39 is 15.6 Å². The van der Waals surface area contributed by atoms with Gasteiger partial charge in [-0.1, -0.05) is 35.5 Å². The van der Waals surface area contributed by atoms with E-state index in [-0.39, 0.29) is 4.90 Å². The minimum Gasteiger partial charge on any atom is -0.384 e. The Morgan fingerprint density at radius 2 is 1.77 bits per heavy atom. The lowest BCUT2D eigenvalue weighted by Crippen LogP contribution is -2.51. The smallest absolute Gasteiger partial charge is 0.248 e. The van der Waals surface area contributed by atoms with Crippen LogP contribution in [0.2, 0.25) is 0 Å². The van der Waals surface area contributed by atoms with Gasteiger partial charge < -0.3 is 9.63 Å². The van der Waals surface area contributed by atoms with Crippen molar-refractivity contribution in [2.45, 2.75) is 31.3 Å². The van der Waals surface area contributed by atoms with E-state index in [0.717, 1.165) is 5.56 Å². The van der Waals surface area contributed by atoms with E-state index in [1.807, 2.05) is 30.3 Å². The third-order valence-electron chi connectivity index (χ3n) is 4.82. The van der Waals surface area contributed by atoms with E-state index in [4.69, 9.17) is 4.52 Å². The topological polar surface area (TPSA) is 86.9 Å². The molecule has 1 N–H and O–H groups in total. The zero-order valence-corrected chi connectivity index (χ0v) is 16.2. The van der Waals surface area contributed by atoms with E-state index >= 15 is 0 Å². The molecular formula is C18H25N3O4S. The summed E-state index contributed by atoms with van der Waals surface area (Å²) >= 11 is 0. The highest BCUT2D eigenvalue weighted by Crippen LogP contribution is 2.26. The van der Waals surface area contributed by atoms with E-state index in [1.54, 1.807) is 20.8 Å². The average molecular weight is 379 g/mol. The van der Waals surface area contributed by atoms with Crippen LogP contribution in [0, 0.1) is 13.8 Å². The number of β-amino-alcohol motifs (C(OH)–C–C–N with tert-alkyl or cyclic N) is 1. The number of hydrogen-bond donors (Lipinski definition) is 1. The molecule has 1 aromatic heterocycles. The minimum absolute atomic E-state index is 0.169. The standard InChI is InChI=1S/C18H25N3O4S/c1-14-17(15(2)25-19-14)26(23,24)21-11-9-20(10-12-21)13-18(3,22)16-7-5-4-6-8-16/h4-8,22H,9-13H2,1-3H3/t18-/m1/s1. The molecular weight excluding hydrogens is 354 g/mol. The zero-order valence-electron chi connectivity index (χ0n) is 15.3. The molecule has 7 nitrogen and oxygen atoms in total. The Hall–Kier alpha value is -1.74. The Kier molecular flexibility index (Phi) is 5.21. The summed E-state index contributed by atoms with van der Waals surface area (Å²) in [5, 5.41) is 14.5. The van der Waals surface area contributed by atoms with Crippen LogP contribution in [0.15, 0.2) is 39.8 Å². The average Bonchev–Trinajstić information content (AvgIpc) is 2.95. The number of piperazine rings is 1. The molecule has 0 unspecified atom stereocenters. The molecule has 1 saturated heterocycles. The maximum atomic E-state index is 12.9. The van der Waals surface area contributed by atoms with E-state index in [0.29, 0.717) is 44.2 Å². The van der Waals surface area contributed by atoms with Gasteiger partial charge in [0.15, 0.2) is 5.76 Å². The predicted octanol–water partition coefficient (Wildman–Crippen LogP) is 1.51. The summed E-state index contributed by atoms with van der Waals surface area (Å²) in [6, 6.07) is 9.52. The number of hydrogen-bond acceptors (Lipinski definition) is 6. The Bertz CT molecular complexity index is 834. The van der Waals surface area contributed by atoms with Crippen molar-refractivity contribution in [2.24, 2.45) is 0 Å². The van der Waals surface area contributed by atoms with Gasteiger partial charge in [-0.3, -0.25) is 4.90 Å². The van der Waals surface area contributed by atoms with Gasteiger partial charge in [0.1, 0.15) is 10.6 Å². The lowest BCUT2D eigenvalue weighted by atomic mass is 9.95. The van der Waals surface area contributed by atoms with Crippen molar-refractivity contribution in [3.05, 3.63) is 47.3 Å².